The van der Waals surface area contributed by atoms with Gasteiger partial charge in [-0.15, -0.1) is 11.8 Å². The SMILES string of the molecule is CCOc1ccc2nc(N3CCN(C(=O)CCCSc4ccc(C)cc4)CC3)sc2c1. The summed E-state index contributed by atoms with van der Waals surface area (Å²) in [4.78, 5) is 23.0. The Morgan fingerprint density at radius 3 is 2.65 bits per heavy atom. The van der Waals surface area contributed by atoms with E-state index in [2.05, 4.69) is 42.2 Å². The largest absolute Gasteiger partial charge is 0.494 e. The summed E-state index contributed by atoms with van der Waals surface area (Å²) in [5.41, 5.74) is 2.29. The van der Waals surface area contributed by atoms with Gasteiger partial charge in [0.05, 0.1) is 16.8 Å². The summed E-state index contributed by atoms with van der Waals surface area (Å²) in [6.07, 6.45) is 1.54. The summed E-state index contributed by atoms with van der Waals surface area (Å²) in [7, 11) is 0. The van der Waals surface area contributed by atoms with Gasteiger partial charge in [-0.05, 0) is 56.4 Å². The molecule has 164 valence electrons. The van der Waals surface area contributed by atoms with Crippen LogP contribution in [0.4, 0.5) is 5.13 Å². The van der Waals surface area contributed by atoms with Gasteiger partial charge in [0, 0.05) is 37.5 Å². The topological polar surface area (TPSA) is 45.7 Å². The van der Waals surface area contributed by atoms with Crippen molar-refractivity contribution in [3.8, 4) is 5.75 Å². The smallest absolute Gasteiger partial charge is 0.222 e. The number of amides is 1. The van der Waals surface area contributed by atoms with Crippen molar-refractivity contribution >= 4 is 44.4 Å². The average Bonchev–Trinajstić information content (AvgIpc) is 3.21. The first-order valence-electron chi connectivity index (χ1n) is 10.9. The van der Waals surface area contributed by atoms with Crippen LogP contribution in [-0.2, 0) is 4.79 Å². The molecule has 1 saturated heterocycles. The fourth-order valence-corrected chi connectivity index (χ4v) is 5.54. The molecule has 0 unspecified atom stereocenters. The lowest BCUT2D eigenvalue weighted by Gasteiger charge is -2.34. The third kappa shape index (κ3) is 5.71. The van der Waals surface area contributed by atoms with Gasteiger partial charge in [-0.1, -0.05) is 29.0 Å². The number of fused-ring (bicyclic) bond motifs is 1. The lowest BCUT2D eigenvalue weighted by molar-refractivity contribution is -0.131. The Balaban J connectivity index is 1.23. The molecule has 0 atom stereocenters. The Labute approximate surface area is 192 Å². The van der Waals surface area contributed by atoms with Gasteiger partial charge in [-0.3, -0.25) is 4.79 Å². The minimum atomic E-state index is 0.273. The number of anilines is 1. The van der Waals surface area contributed by atoms with Crippen molar-refractivity contribution < 1.29 is 9.53 Å². The van der Waals surface area contributed by atoms with Gasteiger partial charge >= 0.3 is 0 Å². The van der Waals surface area contributed by atoms with E-state index in [-0.39, 0.29) is 5.91 Å². The van der Waals surface area contributed by atoms with Crippen molar-refractivity contribution in [1.82, 2.24) is 9.88 Å². The van der Waals surface area contributed by atoms with Crippen LogP contribution >= 0.6 is 23.1 Å². The first-order valence-corrected chi connectivity index (χ1v) is 12.7. The maximum absolute atomic E-state index is 12.6. The standard InChI is InChI=1S/C24H29N3O2S2/c1-3-29-19-8-11-21-22(17-19)31-24(25-21)27-14-12-26(13-15-27)23(28)5-4-16-30-20-9-6-18(2)7-10-20/h6-11,17H,3-5,12-16H2,1-2H3. The van der Waals surface area contributed by atoms with Crippen molar-refractivity contribution in [2.45, 2.75) is 31.6 Å². The third-order valence-electron chi connectivity index (χ3n) is 5.39. The summed E-state index contributed by atoms with van der Waals surface area (Å²) >= 11 is 3.52. The maximum Gasteiger partial charge on any atom is 0.222 e. The van der Waals surface area contributed by atoms with Gasteiger partial charge in [-0.25, -0.2) is 4.98 Å². The van der Waals surface area contributed by atoms with Crippen molar-refractivity contribution in [2.24, 2.45) is 0 Å². The summed E-state index contributed by atoms with van der Waals surface area (Å²) in [5.74, 6) is 2.14. The Hall–Kier alpha value is -2.25. The second kappa shape index (κ2) is 10.4. The van der Waals surface area contributed by atoms with E-state index in [0.717, 1.165) is 59.5 Å². The van der Waals surface area contributed by atoms with Gasteiger partial charge in [0.2, 0.25) is 5.91 Å². The molecule has 3 aromatic rings. The molecule has 4 rings (SSSR count). The highest BCUT2D eigenvalue weighted by molar-refractivity contribution is 7.99. The molecule has 5 nitrogen and oxygen atoms in total. The van der Waals surface area contributed by atoms with E-state index in [1.165, 1.54) is 10.5 Å². The zero-order valence-corrected chi connectivity index (χ0v) is 19.8. The fourth-order valence-electron chi connectivity index (χ4n) is 3.64. The zero-order chi connectivity index (χ0) is 21.6. The van der Waals surface area contributed by atoms with Crippen LogP contribution in [0.25, 0.3) is 10.2 Å². The number of carbonyl (C=O) groups is 1. The maximum atomic E-state index is 12.6. The molecule has 31 heavy (non-hydrogen) atoms. The van der Waals surface area contributed by atoms with Crippen molar-refractivity contribution in [2.75, 3.05) is 43.4 Å². The summed E-state index contributed by atoms with van der Waals surface area (Å²) < 4.78 is 6.74. The first kappa shape index (κ1) is 22.0. The van der Waals surface area contributed by atoms with Crippen LogP contribution < -0.4 is 9.64 Å². The predicted molar refractivity (Wildman–Crippen MR) is 131 cm³/mol. The Morgan fingerprint density at radius 2 is 1.90 bits per heavy atom. The van der Waals surface area contributed by atoms with E-state index in [9.17, 15) is 4.79 Å². The average molecular weight is 456 g/mol. The summed E-state index contributed by atoms with van der Waals surface area (Å²) in [5, 5.41) is 1.03. The number of hydrogen-bond acceptors (Lipinski definition) is 6. The van der Waals surface area contributed by atoms with Crippen LogP contribution in [0.3, 0.4) is 0 Å². The highest BCUT2D eigenvalue weighted by Crippen LogP contribution is 2.32. The van der Waals surface area contributed by atoms with E-state index in [0.29, 0.717) is 13.0 Å². The minimum absolute atomic E-state index is 0.273. The molecule has 0 saturated carbocycles. The van der Waals surface area contributed by atoms with Crippen LogP contribution in [0.5, 0.6) is 5.75 Å². The number of nitrogens with zero attached hydrogens (tertiary/aromatic N) is 3. The van der Waals surface area contributed by atoms with Crippen LogP contribution in [-0.4, -0.2) is 54.3 Å². The number of rotatable bonds is 8. The minimum Gasteiger partial charge on any atom is -0.494 e. The molecule has 1 aliphatic heterocycles. The van der Waals surface area contributed by atoms with Gasteiger partial charge in [0.15, 0.2) is 5.13 Å². The zero-order valence-electron chi connectivity index (χ0n) is 18.2. The van der Waals surface area contributed by atoms with Crippen LogP contribution in [0.1, 0.15) is 25.3 Å². The van der Waals surface area contributed by atoms with E-state index in [1.807, 2.05) is 35.7 Å². The number of ether oxygens (including phenoxy) is 1. The van der Waals surface area contributed by atoms with E-state index in [4.69, 9.17) is 9.72 Å². The van der Waals surface area contributed by atoms with Gasteiger partial charge in [0.25, 0.3) is 0 Å². The van der Waals surface area contributed by atoms with Crippen molar-refractivity contribution in [3.63, 3.8) is 0 Å². The molecular weight excluding hydrogens is 426 g/mol. The van der Waals surface area contributed by atoms with Crippen LogP contribution in [0.2, 0.25) is 0 Å². The molecule has 7 heteroatoms. The van der Waals surface area contributed by atoms with Crippen molar-refractivity contribution in [3.05, 3.63) is 48.0 Å². The first-order chi connectivity index (χ1) is 15.1. The molecular formula is C24H29N3O2S2. The molecule has 1 fully saturated rings. The third-order valence-corrected chi connectivity index (χ3v) is 7.56. The van der Waals surface area contributed by atoms with Gasteiger partial charge < -0.3 is 14.5 Å². The molecule has 0 radical (unpaired) electrons. The highest BCUT2D eigenvalue weighted by atomic mass is 32.2. The quantitative estimate of drug-likeness (QED) is 0.344. The normalized spacial score (nSPS) is 14.3. The number of benzene rings is 2. The number of carbonyl (C=O) groups excluding carboxylic acids is 1. The molecule has 1 aliphatic rings. The molecule has 0 N–H and O–H groups in total. The Kier molecular flexibility index (Phi) is 7.35. The Morgan fingerprint density at radius 1 is 1.13 bits per heavy atom. The highest BCUT2D eigenvalue weighted by Gasteiger charge is 2.23. The summed E-state index contributed by atoms with van der Waals surface area (Å²) in [6, 6.07) is 14.6. The number of hydrogen-bond donors (Lipinski definition) is 0. The van der Waals surface area contributed by atoms with Crippen molar-refractivity contribution in [1.29, 1.82) is 0 Å². The molecule has 1 aromatic heterocycles. The molecule has 1 amide bonds. The summed E-state index contributed by atoms with van der Waals surface area (Å²) in [6.45, 7) is 7.96. The number of aryl methyl sites for hydroxylation is 1. The molecule has 0 spiro atoms. The van der Waals surface area contributed by atoms with E-state index in [1.54, 1.807) is 11.3 Å². The lowest BCUT2D eigenvalue weighted by Crippen LogP contribution is -2.48. The van der Waals surface area contributed by atoms with E-state index < -0.39 is 0 Å². The predicted octanol–water partition coefficient (Wildman–Crippen LogP) is 5.22. The molecule has 2 aromatic carbocycles. The number of thioether (sulfide) groups is 1. The number of aromatic nitrogens is 1. The number of piperazine rings is 1. The monoisotopic (exact) mass is 455 g/mol. The lowest BCUT2D eigenvalue weighted by atomic mass is 10.2. The second-order valence-corrected chi connectivity index (χ2v) is 9.87. The Bertz CT molecular complexity index is 1010. The molecule has 2 heterocycles. The van der Waals surface area contributed by atoms with Gasteiger partial charge in [0.1, 0.15) is 5.75 Å². The van der Waals surface area contributed by atoms with Crippen LogP contribution in [0.15, 0.2) is 47.4 Å². The van der Waals surface area contributed by atoms with E-state index >= 15 is 0 Å². The second-order valence-electron chi connectivity index (χ2n) is 7.69. The number of thiazole rings is 1. The van der Waals surface area contributed by atoms with Crippen LogP contribution in [0, 0.1) is 6.92 Å². The molecule has 0 aliphatic carbocycles. The fraction of sp³-hybridized carbons (Fsp3) is 0.417. The molecule has 0 bridgehead atoms. The van der Waals surface area contributed by atoms with Gasteiger partial charge in [-0.2, -0.15) is 0 Å².